The Labute approximate surface area is 197 Å². The number of carbonyl (C=O) groups excluding carboxylic acids is 2. The predicted octanol–water partition coefficient (Wildman–Crippen LogP) is 5.44. The molecule has 0 N–H and O–H groups in total. The highest BCUT2D eigenvalue weighted by atomic mass is 32.1. The van der Waals surface area contributed by atoms with Crippen molar-refractivity contribution in [3.05, 3.63) is 62.5 Å². The van der Waals surface area contributed by atoms with Crippen LogP contribution in [0, 0.1) is 6.92 Å². The van der Waals surface area contributed by atoms with Crippen molar-refractivity contribution >= 4 is 39.7 Å². The minimum absolute atomic E-state index is 0.0539. The van der Waals surface area contributed by atoms with Crippen molar-refractivity contribution < 1.29 is 14.3 Å². The van der Waals surface area contributed by atoms with Crippen molar-refractivity contribution in [3.8, 4) is 0 Å². The van der Waals surface area contributed by atoms with Crippen LogP contribution < -0.4 is 4.90 Å². The summed E-state index contributed by atoms with van der Waals surface area (Å²) in [5.74, 6) is -0.443. The molecule has 2 aromatic heterocycles. The fraction of sp³-hybridized carbons (Fsp3) is 0.417. The van der Waals surface area contributed by atoms with Crippen molar-refractivity contribution in [1.29, 1.82) is 0 Å². The van der Waals surface area contributed by atoms with Crippen LogP contribution in [-0.2, 0) is 22.4 Å². The summed E-state index contributed by atoms with van der Waals surface area (Å²) in [5.41, 5.74) is 2.56. The van der Waals surface area contributed by atoms with Crippen LogP contribution in [0.3, 0.4) is 0 Å². The van der Waals surface area contributed by atoms with Gasteiger partial charge in [0, 0.05) is 18.3 Å². The molecule has 0 fully saturated rings. The van der Waals surface area contributed by atoms with Gasteiger partial charge in [-0.3, -0.25) is 9.69 Å². The van der Waals surface area contributed by atoms with E-state index in [0.717, 1.165) is 36.4 Å². The molecular formula is C24H29N3O3S2. The fourth-order valence-corrected chi connectivity index (χ4v) is 5.09. The van der Waals surface area contributed by atoms with E-state index in [0.29, 0.717) is 28.9 Å². The average Bonchev–Trinajstić information content (AvgIpc) is 3.38. The second kappa shape index (κ2) is 11.9. The molecule has 0 aliphatic carbocycles. The maximum Gasteiger partial charge on any atom is 0.350 e. The lowest BCUT2D eigenvalue weighted by Gasteiger charge is -2.19. The van der Waals surface area contributed by atoms with Gasteiger partial charge in [-0.05, 0) is 25.8 Å². The van der Waals surface area contributed by atoms with E-state index < -0.39 is 0 Å². The quantitative estimate of drug-likeness (QED) is 0.275. The molecule has 2 heterocycles. The van der Waals surface area contributed by atoms with Gasteiger partial charge in [0.05, 0.1) is 29.4 Å². The number of hydrogen-bond donors (Lipinski definition) is 0. The highest BCUT2D eigenvalue weighted by Crippen LogP contribution is 2.28. The Bertz CT molecular complexity index is 1030. The molecule has 0 bridgehead atoms. The molecule has 0 spiro atoms. The summed E-state index contributed by atoms with van der Waals surface area (Å²) in [5, 5.41) is 3.50. The maximum atomic E-state index is 13.2. The fourth-order valence-electron chi connectivity index (χ4n) is 3.26. The maximum absolute atomic E-state index is 13.2. The molecule has 0 saturated heterocycles. The first kappa shape index (κ1) is 24.1. The molecule has 1 aromatic carbocycles. The van der Waals surface area contributed by atoms with Gasteiger partial charge in [-0.2, -0.15) is 0 Å². The number of unbranched alkanes of at least 4 members (excludes halogenated alkanes) is 2. The number of aryl methyl sites for hydroxylation is 1. The normalized spacial score (nSPS) is 10.8. The molecule has 0 radical (unpaired) electrons. The summed E-state index contributed by atoms with van der Waals surface area (Å²) in [6.07, 6.45) is 3.93. The summed E-state index contributed by atoms with van der Waals surface area (Å²) >= 11 is 2.80. The summed E-state index contributed by atoms with van der Waals surface area (Å²) in [4.78, 5) is 36.8. The smallest absolute Gasteiger partial charge is 0.350 e. The van der Waals surface area contributed by atoms with E-state index in [-0.39, 0.29) is 18.3 Å². The van der Waals surface area contributed by atoms with E-state index in [9.17, 15) is 9.59 Å². The second-order valence-corrected chi connectivity index (χ2v) is 9.38. The number of ether oxygens (including phenoxy) is 1. The first-order chi connectivity index (χ1) is 15.5. The van der Waals surface area contributed by atoms with Crippen LogP contribution in [-0.4, -0.2) is 35.0 Å². The van der Waals surface area contributed by atoms with E-state index in [1.54, 1.807) is 30.1 Å². The number of carbonyl (C=O) groups is 2. The van der Waals surface area contributed by atoms with E-state index in [4.69, 9.17) is 4.74 Å². The van der Waals surface area contributed by atoms with Gasteiger partial charge in [0.1, 0.15) is 4.88 Å². The zero-order valence-electron chi connectivity index (χ0n) is 18.8. The van der Waals surface area contributed by atoms with Gasteiger partial charge < -0.3 is 4.74 Å². The minimum atomic E-state index is -0.389. The lowest BCUT2D eigenvalue weighted by atomic mass is 10.2. The van der Waals surface area contributed by atoms with Crippen molar-refractivity contribution in [2.75, 3.05) is 18.1 Å². The SMILES string of the molecule is CCCCCN(C(=O)Cc1csc(Cc2ccccc2)n1)c1nc(C)c(C(=O)OCC)s1. The van der Waals surface area contributed by atoms with Crippen molar-refractivity contribution in [2.45, 2.75) is 52.9 Å². The van der Waals surface area contributed by atoms with Gasteiger partial charge in [-0.25, -0.2) is 14.8 Å². The Hall–Kier alpha value is -2.58. The van der Waals surface area contributed by atoms with Gasteiger partial charge in [-0.1, -0.05) is 61.4 Å². The van der Waals surface area contributed by atoms with Gasteiger partial charge in [0.15, 0.2) is 5.13 Å². The monoisotopic (exact) mass is 471 g/mol. The zero-order chi connectivity index (χ0) is 22.9. The molecule has 0 unspecified atom stereocenters. The number of nitrogens with zero attached hydrogens (tertiary/aromatic N) is 3. The summed E-state index contributed by atoms with van der Waals surface area (Å²) in [6.45, 7) is 6.55. The third-order valence-corrected chi connectivity index (χ3v) is 6.95. The first-order valence-electron chi connectivity index (χ1n) is 10.9. The molecule has 1 amide bonds. The third kappa shape index (κ3) is 6.46. The van der Waals surface area contributed by atoms with Crippen LogP contribution >= 0.6 is 22.7 Å². The minimum Gasteiger partial charge on any atom is -0.462 e. The molecule has 0 aliphatic rings. The topological polar surface area (TPSA) is 72.4 Å². The van der Waals surface area contributed by atoms with Crippen LogP contribution in [0.5, 0.6) is 0 Å². The lowest BCUT2D eigenvalue weighted by molar-refractivity contribution is -0.118. The molecular weight excluding hydrogens is 442 g/mol. The number of amides is 1. The Morgan fingerprint density at radius 2 is 1.88 bits per heavy atom. The molecule has 170 valence electrons. The highest BCUT2D eigenvalue weighted by molar-refractivity contribution is 7.17. The van der Waals surface area contributed by atoms with E-state index in [1.807, 2.05) is 23.6 Å². The van der Waals surface area contributed by atoms with Gasteiger partial charge in [-0.15, -0.1) is 11.3 Å². The number of esters is 1. The molecule has 3 rings (SSSR count). The molecule has 3 aromatic rings. The largest absolute Gasteiger partial charge is 0.462 e. The number of rotatable bonds is 11. The number of anilines is 1. The summed E-state index contributed by atoms with van der Waals surface area (Å²) in [7, 11) is 0. The number of benzene rings is 1. The van der Waals surface area contributed by atoms with Crippen LogP contribution in [0.1, 0.15) is 64.7 Å². The standard InChI is InChI=1S/C24H29N3O3S2/c1-4-6-10-13-27(24-25-17(3)22(32-24)23(29)30-5-2)21(28)15-19-16-31-20(26-19)14-18-11-8-7-9-12-18/h7-9,11-12,16H,4-6,10,13-15H2,1-3H3. The molecule has 6 nitrogen and oxygen atoms in total. The van der Waals surface area contributed by atoms with Crippen LogP contribution in [0.25, 0.3) is 0 Å². The van der Waals surface area contributed by atoms with E-state index in [1.165, 1.54) is 16.9 Å². The van der Waals surface area contributed by atoms with Crippen LogP contribution in [0.2, 0.25) is 0 Å². The van der Waals surface area contributed by atoms with Crippen molar-refractivity contribution in [3.63, 3.8) is 0 Å². The molecule has 0 saturated carbocycles. The number of thiazole rings is 2. The summed E-state index contributed by atoms with van der Waals surface area (Å²) in [6, 6.07) is 10.2. The van der Waals surface area contributed by atoms with Crippen molar-refractivity contribution in [1.82, 2.24) is 9.97 Å². The zero-order valence-corrected chi connectivity index (χ0v) is 20.4. The Morgan fingerprint density at radius 3 is 2.59 bits per heavy atom. The number of hydrogen-bond acceptors (Lipinski definition) is 7. The van der Waals surface area contributed by atoms with Gasteiger partial charge >= 0.3 is 5.97 Å². The Kier molecular flexibility index (Phi) is 8.93. The Balaban J connectivity index is 1.74. The van der Waals surface area contributed by atoms with Crippen LogP contribution in [0.4, 0.5) is 5.13 Å². The van der Waals surface area contributed by atoms with Crippen molar-refractivity contribution in [2.24, 2.45) is 0 Å². The van der Waals surface area contributed by atoms with Gasteiger partial charge in [0.25, 0.3) is 0 Å². The first-order valence-corrected chi connectivity index (χ1v) is 12.6. The predicted molar refractivity (Wildman–Crippen MR) is 130 cm³/mol. The highest BCUT2D eigenvalue weighted by Gasteiger charge is 2.24. The van der Waals surface area contributed by atoms with Gasteiger partial charge in [0.2, 0.25) is 5.91 Å². The summed E-state index contributed by atoms with van der Waals surface area (Å²) < 4.78 is 5.13. The van der Waals surface area contributed by atoms with Crippen LogP contribution in [0.15, 0.2) is 35.7 Å². The lowest BCUT2D eigenvalue weighted by Crippen LogP contribution is -2.33. The Morgan fingerprint density at radius 1 is 1.09 bits per heavy atom. The average molecular weight is 472 g/mol. The van der Waals surface area contributed by atoms with E-state index in [2.05, 4.69) is 29.0 Å². The molecule has 8 heteroatoms. The number of aromatic nitrogens is 2. The molecule has 0 aliphatic heterocycles. The van der Waals surface area contributed by atoms with E-state index >= 15 is 0 Å². The second-order valence-electron chi connectivity index (χ2n) is 7.46. The third-order valence-electron chi connectivity index (χ3n) is 4.89. The molecule has 32 heavy (non-hydrogen) atoms. The molecule has 0 atom stereocenters.